The standard InChI is InChI=1S/C23H23N3O3S/c1-14-5-6-15(2)19(11-14)26-22(28)20(12-16-7-9-17(29-4)10-8-16)30-23(26)18(13-24)21(27)25-3/h5-11,20H,12H2,1-4H3,(H,25,27)/b23-18+/t20-/m0/s1. The summed E-state index contributed by atoms with van der Waals surface area (Å²) in [5.74, 6) is 0.0949. The number of likely N-dealkylation sites (N-methyl/N-ethyl adjacent to an activating group) is 1. The second kappa shape index (κ2) is 9.06. The Hall–Kier alpha value is -3.24. The maximum Gasteiger partial charge on any atom is 0.264 e. The number of methoxy groups -OCH3 is 1. The van der Waals surface area contributed by atoms with E-state index in [0.29, 0.717) is 17.1 Å². The fourth-order valence-corrected chi connectivity index (χ4v) is 4.57. The number of nitriles is 1. The van der Waals surface area contributed by atoms with E-state index in [9.17, 15) is 14.9 Å². The Morgan fingerprint density at radius 2 is 1.93 bits per heavy atom. The molecular weight excluding hydrogens is 398 g/mol. The molecule has 0 unspecified atom stereocenters. The number of aryl methyl sites for hydroxylation is 2. The molecule has 154 valence electrons. The topological polar surface area (TPSA) is 82.4 Å². The number of anilines is 1. The Morgan fingerprint density at radius 1 is 1.23 bits per heavy atom. The average molecular weight is 422 g/mol. The predicted molar refractivity (Wildman–Crippen MR) is 118 cm³/mol. The highest BCUT2D eigenvalue weighted by Gasteiger charge is 2.41. The summed E-state index contributed by atoms with van der Waals surface area (Å²) in [5, 5.41) is 12.1. The molecule has 0 aliphatic carbocycles. The minimum Gasteiger partial charge on any atom is -0.497 e. The summed E-state index contributed by atoms with van der Waals surface area (Å²) in [6.07, 6.45) is 0.477. The molecule has 0 radical (unpaired) electrons. The van der Waals surface area contributed by atoms with Crippen LogP contribution in [0.4, 0.5) is 5.69 Å². The third-order valence-corrected chi connectivity index (χ3v) is 6.18. The van der Waals surface area contributed by atoms with E-state index in [4.69, 9.17) is 4.74 Å². The van der Waals surface area contributed by atoms with E-state index in [1.807, 2.05) is 62.4 Å². The highest BCUT2D eigenvalue weighted by molar-refractivity contribution is 8.05. The van der Waals surface area contributed by atoms with E-state index in [2.05, 4.69) is 5.32 Å². The number of ether oxygens (including phenoxy) is 1. The molecule has 1 heterocycles. The molecule has 3 rings (SSSR count). The van der Waals surface area contributed by atoms with Gasteiger partial charge in [-0.1, -0.05) is 36.0 Å². The van der Waals surface area contributed by atoms with Crippen molar-refractivity contribution in [1.82, 2.24) is 5.32 Å². The van der Waals surface area contributed by atoms with Gasteiger partial charge in [-0.3, -0.25) is 14.5 Å². The van der Waals surface area contributed by atoms with Crippen molar-refractivity contribution in [2.45, 2.75) is 25.5 Å². The zero-order valence-electron chi connectivity index (χ0n) is 17.4. The normalized spacial score (nSPS) is 17.5. The lowest BCUT2D eigenvalue weighted by Crippen LogP contribution is -2.32. The summed E-state index contributed by atoms with van der Waals surface area (Å²) < 4.78 is 5.19. The Morgan fingerprint density at radius 3 is 2.53 bits per heavy atom. The van der Waals surface area contributed by atoms with Crippen LogP contribution >= 0.6 is 11.8 Å². The molecule has 1 atom stereocenters. The summed E-state index contributed by atoms with van der Waals surface area (Å²) in [6, 6.07) is 15.3. The SMILES string of the molecule is CNC(=O)/C(C#N)=C1/S[C@@H](Cc2ccc(OC)cc2)C(=O)N1c1cc(C)ccc1C. The van der Waals surface area contributed by atoms with Crippen LogP contribution in [-0.2, 0) is 16.0 Å². The van der Waals surface area contributed by atoms with Gasteiger partial charge >= 0.3 is 0 Å². The van der Waals surface area contributed by atoms with E-state index in [1.165, 1.54) is 23.7 Å². The number of amides is 2. The molecule has 2 aromatic rings. The molecule has 1 saturated heterocycles. The maximum atomic E-state index is 13.4. The number of rotatable bonds is 5. The zero-order chi connectivity index (χ0) is 21.8. The first-order valence-corrected chi connectivity index (χ1v) is 10.3. The molecule has 1 N–H and O–H groups in total. The molecule has 7 heteroatoms. The van der Waals surface area contributed by atoms with E-state index in [1.54, 1.807) is 7.11 Å². The van der Waals surface area contributed by atoms with Gasteiger partial charge in [-0.05, 0) is 55.2 Å². The smallest absolute Gasteiger partial charge is 0.264 e. The van der Waals surface area contributed by atoms with Crippen molar-refractivity contribution in [3.05, 3.63) is 69.8 Å². The van der Waals surface area contributed by atoms with Crippen LogP contribution in [0.1, 0.15) is 16.7 Å². The maximum absolute atomic E-state index is 13.4. The van der Waals surface area contributed by atoms with Crippen molar-refractivity contribution in [1.29, 1.82) is 5.26 Å². The minimum atomic E-state index is -0.506. The van der Waals surface area contributed by atoms with Gasteiger partial charge in [0.2, 0.25) is 5.91 Å². The van der Waals surface area contributed by atoms with Crippen LogP contribution in [0.15, 0.2) is 53.1 Å². The molecule has 0 bridgehead atoms. The molecule has 2 aromatic carbocycles. The van der Waals surface area contributed by atoms with Crippen LogP contribution in [0.5, 0.6) is 5.75 Å². The number of carbonyl (C=O) groups is 2. The second-order valence-electron chi connectivity index (χ2n) is 6.99. The summed E-state index contributed by atoms with van der Waals surface area (Å²) in [5.41, 5.74) is 3.49. The summed E-state index contributed by atoms with van der Waals surface area (Å²) >= 11 is 1.26. The quantitative estimate of drug-likeness (QED) is 0.590. The fraction of sp³-hybridized carbons (Fsp3) is 0.261. The summed E-state index contributed by atoms with van der Waals surface area (Å²) in [6.45, 7) is 3.85. The van der Waals surface area contributed by atoms with Crippen LogP contribution in [-0.4, -0.2) is 31.2 Å². The Bertz CT molecular complexity index is 1050. The van der Waals surface area contributed by atoms with Crippen LogP contribution in [0.25, 0.3) is 0 Å². The average Bonchev–Trinajstić information content (AvgIpc) is 3.06. The Balaban J connectivity index is 2.06. The van der Waals surface area contributed by atoms with Gasteiger partial charge in [0, 0.05) is 7.05 Å². The van der Waals surface area contributed by atoms with Gasteiger partial charge in [0.1, 0.15) is 22.4 Å². The molecule has 30 heavy (non-hydrogen) atoms. The first-order chi connectivity index (χ1) is 14.4. The lowest BCUT2D eigenvalue weighted by atomic mass is 10.1. The fourth-order valence-electron chi connectivity index (χ4n) is 3.27. The molecule has 1 fully saturated rings. The van der Waals surface area contributed by atoms with Gasteiger partial charge < -0.3 is 10.1 Å². The number of nitrogens with zero attached hydrogens (tertiary/aromatic N) is 2. The van der Waals surface area contributed by atoms with E-state index >= 15 is 0 Å². The van der Waals surface area contributed by atoms with E-state index in [0.717, 1.165) is 22.4 Å². The minimum absolute atomic E-state index is 0.0611. The first kappa shape index (κ1) is 21.5. The lowest BCUT2D eigenvalue weighted by molar-refractivity contribution is -0.117. The number of nitrogens with one attached hydrogen (secondary N) is 1. The first-order valence-electron chi connectivity index (χ1n) is 9.46. The van der Waals surface area contributed by atoms with E-state index in [-0.39, 0.29) is 11.5 Å². The second-order valence-corrected chi connectivity index (χ2v) is 8.18. The van der Waals surface area contributed by atoms with Gasteiger partial charge in [-0.2, -0.15) is 5.26 Å². The molecule has 0 spiro atoms. The highest BCUT2D eigenvalue weighted by Crippen LogP contribution is 2.43. The zero-order valence-corrected chi connectivity index (χ0v) is 18.2. The van der Waals surface area contributed by atoms with Crippen molar-refractivity contribution >= 4 is 29.3 Å². The summed E-state index contributed by atoms with van der Waals surface area (Å²) in [7, 11) is 3.07. The lowest BCUT2D eigenvalue weighted by Gasteiger charge is -2.21. The third kappa shape index (κ3) is 4.19. The molecular formula is C23H23N3O3S. The van der Waals surface area contributed by atoms with Crippen molar-refractivity contribution < 1.29 is 14.3 Å². The van der Waals surface area contributed by atoms with Crippen LogP contribution in [0.2, 0.25) is 0 Å². The van der Waals surface area contributed by atoms with Gasteiger partial charge in [-0.15, -0.1) is 0 Å². The Labute approximate surface area is 180 Å². The van der Waals surface area contributed by atoms with Gasteiger partial charge in [-0.25, -0.2) is 0 Å². The number of carbonyl (C=O) groups excluding carboxylic acids is 2. The largest absolute Gasteiger partial charge is 0.497 e. The Kier molecular flexibility index (Phi) is 6.48. The monoisotopic (exact) mass is 421 g/mol. The van der Waals surface area contributed by atoms with Gasteiger partial charge in [0.15, 0.2) is 0 Å². The van der Waals surface area contributed by atoms with Crippen LogP contribution < -0.4 is 15.0 Å². The molecule has 0 aromatic heterocycles. The molecule has 0 saturated carbocycles. The highest BCUT2D eigenvalue weighted by atomic mass is 32.2. The van der Waals surface area contributed by atoms with E-state index < -0.39 is 11.2 Å². The van der Waals surface area contributed by atoms with Gasteiger partial charge in [0.25, 0.3) is 5.91 Å². The summed E-state index contributed by atoms with van der Waals surface area (Å²) in [4.78, 5) is 27.3. The third-order valence-electron chi connectivity index (χ3n) is 4.92. The molecule has 1 aliphatic rings. The van der Waals surface area contributed by atoms with Gasteiger partial charge in [0.05, 0.1) is 18.0 Å². The van der Waals surface area contributed by atoms with Crippen molar-refractivity contribution in [3.63, 3.8) is 0 Å². The van der Waals surface area contributed by atoms with Crippen molar-refractivity contribution in [2.75, 3.05) is 19.1 Å². The van der Waals surface area contributed by atoms with Crippen molar-refractivity contribution in [2.24, 2.45) is 0 Å². The molecule has 6 nitrogen and oxygen atoms in total. The number of thioether (sulfide) groups is 1. The molecule has 1 aliphatic heterocycles. The number of hydrogen-bond donors (Lipinski definition) is 1. The number of hydrogen-bond acceptors (Lipinski definition) is 5. The van der Waals surface area contributed by atoms with Crippen molar-refractivity contribution in [3.8, 4) is 11.8 Å². The molecule has 2 amide bonds. The predicted octanol–water partition coefficient (Wildman–Crippen LogP) is 3.48. The van der Waals surface area contributed by atoms with Crippen LogP contribution in [0.3, 0.4) is 0 Å². The van der Waals surface area contributed by atoms with Crippen LogP contribution in [0, 0.1) is 25.2 Å². The number of benzene rings is 2.